The first-order valence-electron chi connectivity index (χ1n) is 12.4. The number of rotatable bonds is 14. The molecule has 0 spiro atoms. The minimum Gasteiger partial charge on any atom is -0.545 e. The van der Waals surface area contributed by atoms with Crippen molar-refractivity contribution >= 4 is 11.9 Å². The van der Waals surface area contributed by atoms with Gasteiger partial charge in [0.25, 0.3) is 0 Å². The summed E-state index contributed by atoms with van der Waals surface area (Å²) in [5.74, 6) is -1.73. The molecular weight excluding hydrogens is 400 g/mol. The minimum atomic E-state index is -1.46. The summed E-state index contributed by atoms with van der Waals surface area (Å²) in [6.45, 7) is 17.2. The molecule has 0 amide bonds. The van der Waals surface area contributed by atoms with Crippen LogP contribution in [0.2, 0.25) is 0 Å². The molecule has 0 bridgehead atoms. The minimum absolute atomic E-state index is 0.181. The van der Waals surface area contributed by atoms with Crippen LogP contribution in [0.15, 0.2) is 12.1 Å². The first-order valence-corrected chi connectivity index (χ1v) is 12.4. The van der Waals surface area contributed by atoms with Gasteiger partial charge in [-0.15, -0.1) is 0 Å². The van der Waals surface area contributed by atoms with Gasteiger partial charge in [-0.3, -0.25) is 0 Å². The summed E-state index contributed by atoms with van der Waals surface area (Å²) in [6.07, 6.45) is 7.46. The second-order valence-electron chi connectivity index (χ2n) is 10.9. The maximum Gasteiger partial charge on any atom is 0.0725 e. The summed E-state index contributed by atoms with van der Waals surface area (Å²) in [7, 11) is 0. The molecule has 0 aliphatic rings. The summed E-state index contributed by atoms with van der Waals surface area (Å²) in [6, 6.07) is 3.27. The zero-order valence-electron chi connectivity index (χ0n) is 21.6. The van der Waals surface area contributed by atoms with E-state index in [0.717, 1.165) is 56.9 Å². The number of carbonyl (C=O) groups is 2. The molecule has 4 nitrogen and oxygen atoms in total. The zero-order chi connectivity index (χ0) is 24.7. The lowest BCUT2D eigenvalue weighted by atomic mass is 9.64. The fourth-order valence-corrected chi connectivity index (χ4v) is 4.90. The Kier molecular flexibility index (Phi) is 10.4. The van der Waals surface area contributed by atoms with Crippen molar-refractivity contribution in [3.8, 4) is 0 Å². The van der Waals surface area contributed by atoms with Crippen molar-refractivity contribution in [1.29, 1.82) is 0 Å². The molecule has 0 radical (unpaired) electrons. The van der Waals surface area contributed by atoms with E-state index < -0.39 is 17.4 Å². The molecule has 2 atom stereocenters. The van der Waals surface area contributed by atoms with Crippen LogP contribution in [0.1, 0.15) is 139 Å². The smallest absolute Gasteiger partial charge is 0.0725 e. The van der Waals surface area contributed by atoms with E-state index in [2.05, 4.69) is 55.4 Å². The van der Waals surface area contributed by atoms with Crippen LogP contribution in [-0.4, -0.2) is 11.9 Å². The van der Waals surface area contributed by atoms with Crippen molar-refractivity contribution in [2.75, 3.05) is 0 Å². The fourth-order valence-electron chi connectivity index (χ4n) is 4.90. The Labute approximate surface area is 195 Å². The number of hydrogen-bond donors (Lipinski definition) is 0. The third-order valence-electron chi connectivity index (χ3n) is 7.46. The number of hydrogen-bond acceptors (Lipinski definition) is 4. The van der Waals surface area contributed by atoms with E-state index >= 15 is 0 Å². The zero-order valence-corrected chi connectivity index (χ0v) is 21.6. The van der Waals surface area contributed by atoms with Gasteiger partial charge >= 0.3 is 0 Å². The lowest BCUT2D eigenvalue weighted by molar-refractivity contribution is -0.259. The van der Waals surface area contributed by atoms with Gasteiger partial charge in [-0.05, 0) is 59.5 Å². The lowest BCUT2D eigenvalue weighted by Crippen LogP contribution is -2.38. The second-order valence-corrected chi connectivity index (χ2v) is 10.9. The molecule has 1 aromatic carbocycles. The molecule has 0 saturated carbocycles. The van der Waals surface area contributed by atoms with Crippen molar-refractivity contribution in [2.45, 2.75) is 118 Å². The predicted octanol–water partition coefficient (Wildman–Crippen LogP) is 5.40. The van der Waals surface area contributed by atoms with Crippen molar-refractivity contribution in [1.82, 2.24) is 0 Å². The Morgan fingerprint density at radius 3 is 1.66 bits per heavy atom. The molecule has 0 saturated heterocycles. The number of carboxylic acid groups (broad SMARTS) is 2. The van der Waals surface area contributed by atoms with Gasteiger partial charge < -0.3 is 19.8 Å². The van der Waals surface area contributed by atoms with Gasteiger partial charge in [0.15, 0.2) is 0 Å². The second kappa shape index (κ2) is 11.9. The maximum absolute atomic E-state index is 12.4. The lowest BCUT2D eigenvalue weighted by Gasteiger charge is -2.41. The molecule has 0 aliphatic carbocycles. The van der Waals surface area contributed by atoms with Gasteiger partial charge in [0.05, 0.1) is 11.9 Å². The number of carbonyl (C=O) groups excluding carboxylic acids is 2. The fraction of sp³-hybridized carbons (Fsp3) is 0.714. The topological polar surface area (TPSA) is 80.3 Å². The molecule has 0 fully saturated rings. The molecule has 0 aromatic heterocycles. The van der Waals surface area contributed by atoms with Crippen LogP contribution in [0.4, 0.5) is 0 Å². The van der Waals surface area contributed by atoms with Crippen LogP contribution in [0.25, 0.3) is 0 Å². The normalized spacial score (nSPS) is 15.6. The van der Waals surface area contributed by atoms with Gasteiger partial charge in [0.1, 0.15) is 0 Å². The van der Waals surface area contributed by atoms with E-state index in [0.29, 0.717) is 17.4 Å². The quantitative estimate of drug-likeness (QED) is 0.385. The molecule has 4 heteroatoms. The molecule has 0 heterocycles. The average Bonchev–Trinajstić information content (AvgIpc) is 2.71. The third kappa shape index (κ3) is 6.83. The SMILES string of the molecule is CCC(C)(CCCC(C)C)c1ccc(C(=O)[O-])c(C(=O)[O-])c1C(C)(CC)CCCC(C)C. The van der Waals surface area contributed by atoms with E-state index in [1.54, 1.807) is 0 Å². The average molecular weight is 445 g/mol. The van der Waals surface area contributed by atoms with E-state index in [1.807, 2.05) is 6.07 Å². The van der Waals surface area contributed by atoms with Crippen LogP contribution in [0, 0.1) is 11.8 Å². The molecule has 2 unspecified atom stereocenters. The van der Waals surface area contributed by atoms with Crippen molar-refractivity contribution in [3.63, 3.8) is 0 Å². The van der Waals surface area contributed by atoms with E-state index in [1.165, 1.54) is 6.07 Å². The maximum atomic E-state index is 12.4. The molecule has 1 rings (SSSR count). The first kappa shape index (κ1) is 28.2. The molecule has 1 aromatic rings. The largest absolute Gasteiger partial charge is 0.545 e. The Morgan fingerprint density at radius 2 is 1.28 bits per heavy atom. The van der Waals surface area contributed by atoms with Crippen molar-refractivity contribution < 1.29 is 19.8 Å². The summed E-state index contributed by atoms with van der Waals surface area (Å²) >= 11 is 0. The summed E-state index contributed by atoms with van der Waals surface area (Å²) in [5.41, 5.74) is 0.460. The van der Waals surface area contributed by atoms with Gasteiger partial charge in [0, 0.05) is 11.1 Å². The van der Waals surface area contributed by atoms with Crippen LogP contribution < -0.4 is 10.2 Å². The Bertz CT molecular complexity index is 780. The first-order chi connectivity index (χ1) is 14.8. The highest BCUT2D eigenvalue weighted by molar-refractivity contribution is 6.02. The van der Waals surface area contributed by atoms with E-state index in [-0.39, 0.29) is 16.5 Å². The highest BCUT2D eigenvalue weighted by Crippen LogP contribution is 2.45. The summed E-state index contributed by atoms with van der Waals surface area (Å²) in [5, 5.41) is 24.2. The van der Waals surface area contributed by atoms with E-state index in [4.69, 9.17) is 0 Å². The standard InChI is InChI=1S/C28H46O4/c1-9-27(7,17-11-13-19(3)4)22-16-15-21(25(29)30)23(26(31)32)24(22)28(8,10-2)18-12-14-20(5)6/h15-16,19-20H,9-14,17-18H2,1-8H3,(H,29,30)(H,31,32)/p-2. The highest BCUT2D eigenvalue weighted by atomic mass is 16.4. The Morgan fingerprint density at radius 1 is 0.812 bits per heavy atom. The Hall–Kier alpha value is -1.84. The summed E-state index contributed by atoms with van der Waals surface area (Å²) < 4.78 is 0. The predicted molar refractivity (Wildman–Crippen MR) is 128 cm³/mol. The van der Waals surface area contributed by atoms with Crippen LogP contribution in [0.3, 0.4) is 0 Å². The molecule has 182 valence electrons. The van der Waals surface area contributed by atoms with Gasteiger partial charge in [-0.2, -0.15) is 0 Å². The third-order valence-corrected chi connectivity index (χ3v) is 7.46. The number of aromatic carboxylic acids is 2. The molecule has 0 aliphatic heterocycles. The summed E-state index contributed by atoms with van der Waals surface area (Å²) in [4.78, 5) is 24.2. The highest BCUT2D eigenvalue weighted by Gasteiger charge is 2.37. The van der Waals surface area contributed by atoms with Gasteiger partial charge in [0.2, 0.25) is 0 Å². The number of carboxylic acids is 2. The van der Waals surface area contributed by atoms with Crippen LogP contribution in [-0.2, 0) is 10.8 Å². The Balaban J connectivity index is 3.78. The number of benzene rings is 1. The molecule has 0 N–H and O–H groups in total. The molecular formula is C28H44O4-2. The van der Waals surface area contributed by atoms with Crippen molar-refractivity contribution in [2.24, 2.45) is 11.8 Å². The van der Waals surface area contributed by atoms with Gasteiger partial charge in [-0.25, -0.2) is 0 Å². The van der Waals surface area contributed by atoms with Gasteiger partial charge in [-0.1, -0.05) is 93.2 Å². The van der Waals surface area contributed by atoms with Crippen molar-refractivity contribution in [3.05, 3.63) is 34.4 Å². The van der Waals surface area contributed by atoms with Crippen LogP contribution >= 0.6 is 0 Å². The molecule has 32 heavy (non-hydrogen) atoms. The monoisotopic (exact) mass is 444 g/mol. The van der Waals surface area contributed by atoms with Crippen LogP contribution in [0.5, 0.6) is 0 Å². The van der Waals surface area contributed by atoms with E-state index in [9.17, 15) is 19.8 Å².